The zero-order chi connectivity index (χ0) is 19.1. The molecule has 0 radical (unpaired) electrons. The molecule has 6 heteroatoms. The van der Waals surface area contributed by atoms with Crippen molar-refractivity contribution in [1.82, 2.24) is 14.9 Å². The van der Waals surface area contributed by atoms with E-state index in [1.54, 1.807) is 23.1 Å². The van der Waals surface area contributed by atoms with Gasteiger partial charge < -0.3 is 14.3 Å². The first-order valence-electron chi connectivity index (χ1n) is 9.46. The van der Waals surface area contributed by atoms with Crippen molar-refractivity contribution in [3.05, 3.63) is 76.4 Å². The van der Waals surface area contributed by atoms with Gasteiger partial charge in [-0.15, -0.1) is 0 Å². The lowest BCUT2D eigenvalue weighted by atomic mass is 9.96. The van der Waals surface area contributed by atoms with Crippen LogP contribution in [0.4, 0.5) is 0 Å². The first-order valence-corrected chi connectivity index (χ1v) is 9.46. The fourth-order valence-corrected chi connectivity index (χ4v) is 3.93. The summed E-state index contributed by atoms with van der Waals surface area (Å²) in [5.74, 6) is 0.738. The molecular weight excluding hydrogens is 354 g/mol. The minimum Gasteiger partial charge on any atom is -0.422 e. The second-order valence-corrected chi connectivity index (χ2v) is 7.21. The smallest absolute Gasteiger partial charge is 0.349 e. The number of nitrogens with one attached hydrogen (secondary N) is 1. The summed E-state index contributed by atoms with van der Waals surface area (Å²) in [4.78, 5) is 35.2. The summed E-state index contributed by atoms with van der Waals surface area (Å²) in [7, 11) is 0. The zero-order valence-corrected chi connectivity index (χ0v) is 15.2. The summed E-state index contributed by atoms with van der Waals surface area (Å²) < 4.78 is 5.33. The van der Waals surface area contributed by atoms with Crippen molar-refractivity contribution in [3.63, 3.8) is 0 Å². The van der Waals surface area contributed by atoms with E-state index >= 15 is 0 Å². The molecule has 0 aliphatic carbocycles. The minimum atomic E-state index is -0.588. The lowest BCUT2D eigenvalue weighted by molar-refractivity contribution is 0.0701. The van der Waals surface area contributed by atoms with Gasteiger partial charge in [0.2, 0.25) is 0 Å². The van der Waals surface area contributed by atoms with E-state index < -0.39 is 5.63 Å². The Hall–Kier alpha value is -3.41. The molecular formula is C22H19N3O3. The number of fused-ring (bicyclic) bond motifs is 2. The van der Waals surface area contributed by atoms with Crippen molar-refractivity contribution in [1.29, 1.82) is 0 Å². The minimum absolute atomic E-state index is 0.0870. The van der Waals surface area contributed by atoms with E-state index in [0.717, 1.165) is 35.1 Å². The van der Waals surface area contributed by atoms with E-state index in [-0.39, 0.29) is 17.4 Å². The maximum atomic E-state index is 13.0. The van der Waals surface area contributed by atoms with Crippen LogP contribution >= 0.6 is 0 Å². The number of H-pyrrole nitrogens is 1. The first-order chi connectivity index (χ1) is 13.7. The van der Waals surface area contributed by atoms with Gasteiger partial charge in [-0.1, -0.05) is 30.3 Å². The third-order valence-electron chi connectivity index (χ3n) is 5.37. The Bertz CT molecular complexity index is 1210. The van der Waals surface area contributed by atoms with Crippen LogP contribution < -0.4 is 5.63 Å². The van der Waals surface area contributed by atoms with Gasteiger partial charge in [0.15, 0.2) is 0 Å². The van der Waals surface area contributed by atoms with Crippen molar-refractivity contribution in [2.75, 3.05) is 13.1 Å². The highest BCUT2D eigenvalue weighted by Gasteiger charge is 2.29. The lowest BCUT2D eigenvalue weighted by Crippen LogP contribution is -2.41. The first kappa shape index (κ1) is 16.7. The van der Waals surface area contributed by atoms with Crippen LogP contribution in [0.15, 0.2) is 63.8 Å². The average molecular weight is 373 g/mol. The molecule has 140 valence electrons. The Morgan fingerprint density at radius 3 is 2.86 bits per heavy atom. The number of carbonyl (C=O) groups excluding carboxylic acids is 1. The molecule has 2 aromatic carbocycles. The summed E-state index contributed by atoms with van der Waals surface area (Å²) in [6, 6.07) is 16.8. The van der Waals surface area contributed by atoms with Gasteiger partial charge in [0, 0.05) is 24.4 Å². The van der Waals surface area contributed by atoms with Crippen molar-refractivity contribution in [2.45, 2.75) is 18.8 Å². The Labute approximate surface area is 160 Å². The molecule has 1 aliphatic heterocycles. The number of para-hydroxylation sites is 3. The summed E-state index contributed by atoms with van der Waals surface area (Å²) in [5, 5.41) is 0.747. The van der Waals surface area contributed by atoms with E-state index in [1.807, 2.05) is 36.4 Å². The molecule has 5 rings (SSSR count). The number of aromatic nitrogens is 2. The molecule has 0 bridgehead atoms. The van der Waals surface area contributed by atoms with E-state index in [9.17, 15) is 9.59 Å². The fraction of sp³-hybridized carbons (Fsp3) is 0.227. The Balaban J connectivity index is 1.44. The predicted molar refractivity (Wildman–Crippen MR) is 106 cm³/mol. The van der Waals surface area contributed by atoms with Crippen LogP contribution in [0.1, 0.15) is 34.9 Å². The summed E-state index contributed by atoms with van der Waals surface area (Å²) >= 11 is 0. The monoisotopic (exact) mass is 373 g/mol. The number of nitrogens with zero attached hydrogens (tertiary/aromatic N) is 2. The molecule has 6 nitrogen and oxygen atoms in total. The van der Waals surface area contributed by atoms with Crippen LogP contribution in [0.2, 0.25) is 0 Å². The molecule has 4 aromatic rings. The molecule has 1 aliphatic rings. The van der Waals surface area contributed by atoms with Gasteiger partial charge >= 0.3 is 5.63 Å². The number of imidazole rings is 1. The van der Waals surface area contributed by atoms with Crippen molar-refractivity contribution < 1.29 is 9.21 Å². The van der Waals surface area contributed by atoms with Crippen LogP contribution in [-0.2, 0) is 0 Å². The molecule has 0 spiro atoms. The lowest BCUT2D eigenvalue weighted by Gasteiger charge is -2.31. The Morgan fingerprint density at radius 1 is 1.14 bits per heavy atom. The topological polar surface area (TPSA) is 79.2 Å². The predicted octanol–water partition coefficient (Wildman–Crippen LogP) is 3.69. The van der Waals surface area contributed by atoms with Crippen LogP contribution in [0.5, 0.6) is 0 Å². The van der Waals surface area contributed by atoms with Crippen LogP contribution in [0.3, 0.4) is 0 Å². The van der Waals surface area contributed by atoms with E-state index in [4.69, 9.17) is 4.42 Å². The van der Waals surface area contributed by atoms with E-state index in [2.05, 4.69) is 9.97 Å². The normalized spacial score (nSPS) is 17.3. The van der Waals surface area contributed by atoms with E-state index in [0.29, 0.717) is 18.7 Å². The number of piperidine rings is 1. The third kappa shape index (κ3) is 2.87. The molecule has 1 saturated heterocycles. The highest BCUT2D eigenvalue weighted by atomic mass is 16.4. The maximum Gasteiger partial charge on any atom is 0.349 e. The third-order valence-corrected chi connectivity index (χ3v) is 5.37. The van der Waals surface area contributed by atoms with Gasteiger partial charge in [-0.25, -0.2) is 9.78 Å². The van der Waals surface area contributed by atoms with Crippen molar-refractivity contribution in [3.8, 4) is 0 Å². The summed E-state index contributed by atoms with van der Waals surface area (Å²) in [6.45, 7) is 1.16. The van der Waals surface area contributed by atoms with Gasteiger partial charge in [-0.2, -0.15) is 0 Å². The molecule has 2 aromatic heterocycles. The standard InChI is InChI=1S/C22H19N3O3/c26-21(16-12-14-6-1-4-10-19(14)28-22(16)27)25-11-5-7-15(13-25)20-23-17-8-2-3-9-18(17)24-20/h1-4,6,8-10,12,15H,5,7,11,13H2,(H,23,24). The van der Waals surface area contributed by atoms with Gasteiger partial charge in [-0.3, -0.25) is 4.79 Å². The van der Waals surface area contributed by atoms with Gasteiger partial charge in [0.25, 0.3) is 5.91 Å². The van der Waals surface area contributed by atoms with Crippen LogP contribution in [-0.4, -0.2) is 33.9 Å². The molecule has 0 saturated carbocycles. The Kier molecular flexibility index (Phi) is 3.97. The van der Waals surface area contributed by atoms with Gasteiger partial charge in [0.1, 0.15) is 17.0 Å². The molecule has 1 amide bonds. The second kappa shape index (κ2) is 6.64. The molecule has 28 heavy (non-hydrogen) atoms. The van der Waals surface area contributed by atoms with Gasteiger partial charge in [-0.05, 0) is 37.1 Å². The largest absolute Gasteiger partial charge is 0.422 e. The molecule has 1 N–H and O–H groups in total. The molecule has 3 heterocycles. The maximum absolute atomic E-state index is 13.0. The number of carbonyl (C=O) groups is 1. The second-order valence-electron chi connectivity index (χ2n) is 7.21. The van der Waals surface area contributed by atoms with E-state index in [1.165, 1.54) is 0 Å². The van der Waals surface area contributed by atoms with Crippen LogP contribution in [0.25, 0.3) is 22.0 Å². The van der Waals surface area contributed by atoms with Crippen LogP contribution in [0, 0.1) is 0 Å². The highest BCUT2D eigenvalue weighted by molar-refractivity contribution is 5.96. The van der Waals surface area contributed by atoms with Crippen molar-refractivity contribution >= 4 is 27.9 Å². The number of hydrogen-bond acceptors (Lipinski definition) is 4. The number of hydrogen-bond donors (Lipinski definition) is 1. The number of amides is 1. The number of aromatic amines is 1. The zero-order valence-electron chi connectivity index (χ0n) is 15.2. The fourth-order valence-electron chi connectivity index (χ4n) is 3.93. The number of rotatable bonds is 2. The SMILES string of the molecule is O=C(c1cc2ccccc2oc1=O)N1CCCC(c2nc3ccccc3[nH]2)C1. The number of likely N-dealkylation sites (tertiary alicyclic amines) is 1. The van der Waals surface area contributed by atoms with Crippen molar-refractivity contribution in [2.24, 2.45) is 0 Å². The Morgan fingerprint density at radius 2 is 1.96 bits per heavy atom. The average Bonchev–Trinajstić information content (AvgIpc) is 3.17. The quantitative estimate of drug-likeness (QED) is 0.544. The molecule has 1 atom stereocenters. The highest BCUT2D eigenvalue weighted by Crippen LogP contribution is 2.27. The summed E-state index contributed by atoms with van der Waals surface area (Å²) in [6.07, 6.45) is 1.82. The van der Waals surface area contributed by atoms with Gasteiger partial charge in [0.05, 0.1) is 11.0 Å². The molecule has 1 unspecified atom stereocenters. The molecule has 1 fully saturated rings. The number of benzene rings is 2. The summed E-state index contributed by atoms with van der Waals surface area (Å²) in [5.41, 5.74) is 1.91.